The first kappa shape index (κ1) is 8.83. The van der Waals surface area contributed by atoms with Crippen LogP contribution in [0.25, 0.3) is 0 Å². The Morgan fingerprint density at radius 1 is 1.33 bits per heavy atom. The summed E-state index contributed by atoms with van der Waals surface area (Å²) in [6.07, 6.45) is 4.42. The van der Waals surface area contributed by atoms with E-state index in [4.69, 9.17) is 6.42 Å². The van der Waals surface area contributed by atoms with E-state index in [1.165, 1.54) is 0 Å². The van der Waals surface area contributed by atoms with Gasteiger partial charge in [0.1, 0.15) is 6.10 Å². The van der Waals surface area contributed by atoms with Crippen LogP contribution in [0.15, 0.2) is 30.3 Å². The van der Waals surface area contributed by atoms with Crippen molar-refractivity contribution in [3.63, 3.8) is 0 Å². The molecule has 12 heavy (non-hydrogen) atoms. The molecule has 0 heterocycles. The van der Waals surface area contributed by atoms with E-state index in [1.54, 1.807) is 0 Å². The van der Waals surface area contributed by atoms with E-state index in [9.17, 15) is 5.11 Å². The Bertz CT molecular complexity index is 271. The molecule has 2 atom stereocenters. The van der Waals surface area contributed by atoms with Gasteiger partial charge in [0, 0.05) is 5.92 Å². The molecule has 2 unspecified atom stereocenters. The second kappa shape index (κ2) is 3.94. The molecule has 0 aliphatic carbocycles. The van der Waals surface area contributed by atoms with Crippen LogP contribution in [0, 0.1) is 12.3 Å². The van der Waals surface area contributed by atoms with Gasteiger partial charge in [0.2, 0.25) is 0 Å². The van der Waals surface area contributed by atoms with Crippen molar-refractivity contribution < 1.29 is 5.11 Å². The van der Waals surface area contributed by atoms with Crippen molar-refractivity contribution in [1.29, 1.82) is 0 Å². The van der Waals surface area contributed by atoms with Crippen LogP contribution in [0.2, 0.25) is 0 Å². The van der Waals surface area contributed by atoms with E-state index in [0.717, 1.165) is 5.56 Å². The molecule has 0 bridgehead atoms. The van der Waals surface area contributed by atoms with Crippen molar-refractivity contribution >= 4 is 0 Å². The molecule has 1 rings (SSSR count). The molecular formula is C11H12O. The molecule has 1 aromatic carbocycles. The summed E-state index contributed by atoms with van der Waals surface area (Å²) in [5.41, 5.74) is 1.07. The van der Waals surface area contributed by atoms with Gasteiger partial charge >= 0.3 is 0 Å². The number of aliphatic hydroxyl groups is 1. The molecular weight excluding hydrogens is 148 g/mol. The zero-order chi connectivity index (χ0) is 8.97. The first-order chi connectivity index (χ1) is 5.75. The molecule has 0 radical (unpaired) electrons. The highest BCUT2D eigenvalue weighted by Gasteiger charge is 2.12. The summed E-state index contributed by atoms with van der Waals surface area (Å²) in [7, 11) is 0. The van der Waals surface area contributed by atoms with Gasteiger partial charge in [0.05, 0.1) is 0 Å². The SMILES string of the molecule is C#CC(O)C(C)c1ccccc1. The third kappa shape index (κ3) is 1.87. The minimum atomic E-state index is -0.688. The zero-order valence-corrected chi connectivity index (χ0v) is 7.07. The number of terminal acetylenes is 1. The van der Waals surface area contributed by atoms with Crippen LogP contribution in [0.3, 0.4) is 0 Å². The molecule has 1 nitrogen and oxygen atoms in total. The maximum absolute atomic E-state index is 9.34. The van der Waals surface area contributed by atoms with Crippen LogP contribution in [-0.4, -0.2) is 11.2 Å². The quantitative estimate of drug-likeness (QED) is 0.654. The van der Waals surface area contributed by atoms with Gasteiger partial charge in [-0.1, -0.05) is 43.2 Å². The molecule has 0 aliphatic heterocycles. The fourth-order valence-electron chi connectivity index (χ4n) is 1.08. The molecule has 0 fully saturated rings. The van der Waals surface area contributed by atoms with Crippen LogP contribution in [0.1, 0.15) is 18.4 Å². The number of hydrogen-bond donors (Lipinski definition) is 1. The minimum absolute atomic E-state index is 0.0104. The Morgan fingerprint density at radius 3 is 2.42 bits per heavy atom. The topological polar surface area (TPSA) is 20.2 Å². The first-order valence-electron chi connectivity index (χ1n) is 3.95. The average Bonchev–Trinajstić information content (AvgIpc) is 2.17. The molecule has 1 aromatic rings. The monoisotopic (exact) mass is 160 g/mol. The third-order valence-corrected chi connectivity index (χ3v) is 1.97. The van der Waals surface area contributed by atoms with Gasteiger partial charge in [-0.25, -0.2) is 0 Å². The van der Waals surface area contributed by atoms with Crippen LogP contribution in [0.4, 0.5) is 0 Å². The zero-order valence-electron chi connectivity index (χ0n) is 7.07. The van der Waals surface area contributed by atoms with Gasteiger partial charge < -0.3 is 5.11 Å². The molecule has 0 aliphatic rings. The Kier molecular flexibility index (Phi) is 2.90. The Balaban J connectivity index is 2.80. The predicted octanol–water partition coefficient (Wildman–Crippen LogP) is 1.78. The van der Waals surface area contributed by atoms with Crippen molar-refractivity contribution in [3.8, 4) is 12.3 Å². The summed E-state index contributed by atoms with van der Waals surface area (Å²) in [5, 5.41) is 9.34. The largest absolute Gasteiger partial charge is 0.380 e. The van der Waals surface area contributed by atoms with Gasteiger partial charge in [-0.2, -0.15) is 0 Å². The van der Waals surface area contributed by atoms with E-state index in [1.807, 2.05) is 37.3 Å². The van der Waals surface area contributed by atoms with E-state index in [0.29, 0.717) is 0 Å². The smallest absolute Gasteiger partial charge is 0.121 e. The number of rotatable bonds is 2. The van der Waals surface area contributed by atoms with Gasteiger partial charge in [-0.3, -0.25) is 0 Å². The van der Waals surface area contributed by atoms with Gasteiger partial charge in [0.15, 0.2) is 0 Å². The fraction of sp³-hybridized carbons (Fsp3) is 0.273. The molecule has 0 aromatic heterocycles. The van der Waals surface area contributed by atoms with Crippen molar-refractivity contribution in [2.45, 2.75) is 18.9 Å². The molecule has 0 saturated carbocycles. The molecule has 0 spiro atoms. The van der Waals surface area contributed by atoms with Gasteiger partial charge in [-0.05, 0) is 5.56 Å². The second-order valence-electron chi connectivity index (χ2n) is 2.81. The summed E-state index contributed by atoms with van der Waals surface area (Å²) in [6, 6.07) is 9.75. The van der Waals surface area contributed by atoms with Crippen LogP contribution in [0.5, 0.6) is 0 Å². The molecule has 62 valence electrons. The number of hydrogen-bond acceptors (Lipinski definition) is 1. The lowest BCUT2D eigenvalue weighted by Gasteiger charge is -2.13. The van der Waals surface area contributed by atoms with Crippen molar-refractivity contribution in [2.24, 2.45) is 0 Å². The van der Waals surface area contributed by atoms with E-state index in [-0.39, 0.29) is 5.92 Å². The molecule has 0 saturated heterocycles. The highest BCUT2D eigenvalue weighted by atomic mass is 16.3. The summed E-state index contributed by atoms with van der Waals surface area (Å²) >= 11 is 0. The van der Waals surface area contributed by atoms with Crippen molar-refractivity contribution in [3.05, 3.63) is 35.9 Å². The van der Waals surface area contributed by atoms with Crippen molar-refractivity contribution in [2.75, 3.05) is 0 Å². The maximum Gasteiger partial charge on any atom is 0.121 e. The van der Waals surface area contributed by atoms with E-state index >= 15 is 0 Å². The molecule has 1 heteroatoms. The Hall–Kier alpha value is -1.26. The first-order valence-corrected chi connectivity index (χ1v) is 3.95. The lowest BCUT2D eigenvalue weighted by molar-refractivity contribution is 0.206. The van der Waals surface area contributed by atoms with Crippen LogP contribution in [-0.2, 0) is 0 Å². The highest BCUT2D eigenvalue weighted by Crippen LogP contribution is 2.17. The summed E-state index contributed by atoms with van der Waals surface area (Å²) < 4.78 is 0. The standard InChI is InChI=1S/C11H12O/c1-3-11(12)9(2)10-7-5-4-6-8-10/h1,4-9,11-12H,2H3. The Labute approximate surface area is 73.0 Å². The minimum Gasteiger partial charge on any atom is -0.380 e. The number of aliphatic hydroxyl groups excluding tert-OH is 1. The van der Waals surface area contributed by atoms with E-state index < -0.39 is 6.10 Å². The summed E-state index contributed by atoms with van der Waals surface area (Å²) in [4.78, 5) is 0. The molecule has 1 N–H and O–H groups in total. The van der Waals surface area contributed by atoms with Crippen molar-refractivity contribution in [1.82, 2.24) is 0 Å². The summed E-state index contributed by atoms with van der Waals surface area (Å²) in [5.74, 6) is 2.33. The summed E-state index contributed by atoms with van der Waals surface area (Å²) in [6.45, 7) is 1.92. The molecule has 0 amide bonds. The predicted molar refractivity (Wildman–Crippen MR) is 49.7 cm³/mol. The average molecular weight is 160 g/mol. The highest BCUT2D eigenvalue weighted by molar-refractivity contribution is 5.22. The lowest BCUT2D eigenvalue weighted by atomic mass is 9.96. The second-order valence-corrected chi connectivity index (χ2v) is 2.81. The van der Waals surface area contributed by atoms with Crippen LogP contribution >= 0.6 is 0 Å². The number of benzene rings is 1. The van der Waals surface area contributed by atoms with Gasteiger partial charge in [0.25, 0.3) is 0 Å². The van der Waals surface area contributed by atoms with Crippen LogP contribution < -0.4 is 0 Å². The van der Waals surface area contributed by atoms with E-state index in [2.05, 4.69) is 5.92 Å². The Morgan fingerprint density at radius 2 is 1.92 bits per heavy atom. The third-order valence-electron chi connectivity index (χ3n) is 1.97. The van der Waals surface area contributed by atoms with Gasteiger partial charge in [-0.15, -0.1) is 6.42 Å². The maximum atomic E-state index is 9.34. The fourth-order valence-corrected chi connectivity index (χ4v) is 1.08. The lowest BCUT2D eigenvalue weighted by Crippen LogP contribution is -2.12. The normalized spacial score (nSPS) is 14.8.